The van der Waals surface area contributed by atoms with Gasteiger partial charge >= 0.3 is 6.09 Å². The smallest absolute Gasteiger partial charge is 0.416 e. The molecule has 0 saturated carbocycles. The quantitative estimate of drug-likeness (QED) is 0.460. The molecule has 36 heavy (non-hydrogen) atoms. The Morgan fingerprint density at radius 2 is 2.00 bits per heavy atom. The zero-order valence-corrected chi connectivity index (χ0v) is 22.0. The molecule has 0 aliphatic carbocycles. The van der Waals surface area contributed by atoms with Crippen LogP contribution in [0.25, 0.3) is 5.65 Å². The first kappa shape index (κ1) is 26.2. The van der Waals surface area contributed by atoms with Gasteiger partial charge in [0.1, 0.15) is 11.4 Å². The fraction of sp³-hybridized carbons (Fsp3) is 0.458. The first-order valence-corrected chi connectivity index (χ1v) is 12.5. The Kier molecular flexibility index (Phi) is 7.76. The van der Waals surface area contributed by atoms with Crippen molar-refractivity contribution in [3.63, 3.8) is 0 Å². The van der Waals surface area contributed by atoms with E-state index in [-0.39, 0.29) is 24.2 Å². The molecule has 0 spiro atoms. The summed E-state index contributed by atoms with van der Waals surface area (Å²) in [6.07, 6.45) is 2.71. The number of carbonyl (C=O) groups excluding carboxylic acids is 1. The number of anilines is 1. The summed E-state index contributed by atoms with van der Waals surface area (Å²) in [5.74, 6) is -2.25. The number of hydrogen-bond acceptors (Lipinski definition) is 7. The van der Waals surface area contributed by atoms with Crippen LogP contribution in [0, 0.1) is 11.6 Å². The third-order valence-corrected chi connectivity index (χ3v) is 6.24. The molecule has 12 heteroatoms. The van der Waals surface area contributed by atoms with Gasteiger partial charge < -0.3 is 20.1 Å². The molecule has 0 unspecified atom stereocenters. The number of ether oxygens (including phenoxy) is 2. The Balaban J connectivity index is 1.71. The van der Waals surface area contributed by atoms with Crippen molar-refractivity contribution >= 4 is 33.5 Å². The first-order valence-electron chi connectivity index (χ1n) is 11.7. The summed E-state index contributed by atoms with van der Waals surface area (Å²) in [4.78, 5) is 21.4. The molecule has 1 aromatic carbocycles. The average molecular weight is 567 g/mol. The SMILES string of the molecule is CC(C)(C)OC(=O)N(CCN1CCC(N)CC1)c1cc(Oc2cccc(F)c2F)nc2c(Br)cnn12. The molecule has 194 valence electrons. The third kappa shape index (κ3) is 6.11. The predicted molar refractivity (Wildman–Crippen MR) is 134 cm³/mol. The van der Waals surface area contributed by atoms with Gasteiger partial charge in [0.15, 0.2) is 17.2 Å². The van der Waals surface area contributed by atoms with Gasteiger partial charge in [-0.2, -0.15) is 19.0 Å². The second-order valence-electron chi connectivity index (χ2n) is 9.65. The van der Waals surface area contributed by atoms with Crippen molar-refractivity contribution in [3.05, 3.63) is 46.6 Å². The van der Waals surface area contributed by atoms with E-state index in [0.717, 1.165) is 32.0 Å². The van der Waals surface area contributed by atoms with Crippen molar-refractivity contribution in [2.24, 2.45) is 5.73 Å². The lowest BCUT2D eigenvalue weighted by molar-refractivity contribution is 0.0573. The lowest BCUT2D eigenvalue weighted by Crippen LogP contribution is -2.46. The van der Waals surface area contributed by atoms with Crippen molar-refractivity contribution in [3.8, 4) is 11.6 Å². The molecule has 0 bridgehead atoms. The van der Waals surface area contributed by atoms with Crippen LogP contribution in [0.5, 0.6) is 11.6 Å². The lowest BCUT2D eigenvalue weighted by atomic mass is 10.1. The number of aromatic nitrogens is 3. The number of hydrogen-bond donors (Lipinski definition) is 1. The van der Waals surface area contributed by atoms with E-state index in [9.17, 15) is 13.6 Å². The molecule has 1 amide bonds. The molecular weight excluding hydrogens is 538 g/mol. The van der Waals surface area contributed by atoms with Crippen molar-refractivity contribution in [1.29, 1.82) is 0 Å². The molecular formula is C24H29BrF2N6O3. The van der Waals surface area contributed by atoms with E-state index in [2.05, 4.69) is 30.9 Å². The molecule has 9 nitrogen and oxygen atoms in total. The highest BCUT2D eigenvalue weighted by Gasteiger charge is 2.28. The monoisotopic (exact) mass is 566 g/mol. The minimum atomic E-state index is -1.14. The van der Waals surface area contributed by atoms with Gasteiger partial charge in [-0.05, 0) is 74.8 Å². The van der Waals surface area contributed by atoms with Crippen molar-refractivity contribution in [2.45, 2.75) is 45.3 Å². The molecule has 0 atom stereocenters. The number of halogens is 3. The van der Waals surface area contributed by atoms with Gasteiger partial charge in [0.2, 0.25) is 11.7 Å². The van der Waals surface area contributed by atoms with E-state index in [0.29, 0.717) is 22.5 Å². The standard InChI is InChI=1S/C24H29BrF2N6O3/c1-24(2,3)36-23(34)32(12-11-31-9-7-15(28)8-10-31)20-13-19(30-22-16(25)14-29-33(20)22)35-18-6-4-5-17(26)21(18)27/h4-6,13-15H,7-12,28H2,1-3H3. The molecule has 3 aromatic rings. The van der Waals surface area contributed by atoms with Crippen molar-refractivity contribution in [1.82, 2.24) is 19.5 Å². The summed E-state index contributed by atoms with van der Waals surface area (Å²) in [7, 11) is 0. The number of benzene rings is 1. The zero-order chi connectivity index (χ0) is 26.0. The number of fused-ring (bicyclic) bond motifs is 1. The van der Waals surface area contributed by atoms with Gasteiger partial charge in [-0.25, -0.2) is 9.18 Å². The second kappa shape index (κ2) is 10.7. The van der Waals surface area contributed by atoms with E-state index in [1.54, 1.807) is 20.8 Å². The maximum Gasteiger partial charge on any atom is 0.416 e. The van der Waals surface area contributed by atoms with E-state index >= 15 is 0 Å². The van der Waals surface area contributed by atoms with Gasteiger partial charge in [0.05, 0.1) is 10.7 Å². The fourth-order valence-corrected chi connectivity index (χ4v) is 4.20. The highest BCUT2D eigenvalue weighted by Crippen LogP contribution is 2.31. The Hall–Kier alpha value is -2.83. The van der Waals surface area contributed by atoms with Gasteiger partial charge in [-0.3, -0.25) is 4.90 Å². The number of likely N-dealkylation sites (tertiary alicyclic amines) is 1. The molecule has 3 heterocycles. The molecule has 2 N–H and O–H groups in total. The molecule has 2 aromatic heterocycles. The minimum absolute atomic E-state index is 0.0410. The minimum Gasteiger partial charge on any atom is -0.443 e. The number of rotatable bonds is 6. The Labute approximate surface area is 216 Å². The van der Waals surface area contributed by atoms with Crippen molar-refractivity contribution < 1.29 is 23.0 Å². The summed E-state index contributed by atoms with van der Waals surface area (Å²) in [6.45, 7) is 7.86. The van der Waals surface area contributed by atoms with E-state index in [1.807, 2.05) is 0 Å². The molecule has 1 aliphatic heterocycles. The molecule has 1 aliphatic rings. The lowest BCUT2D eigenvalue weighted by Gasteiger charge is -2.33. The van der Waals surface area contributed by atoms with Crippen LogP contribution in [-0.4, -0.2) is 63.4 Å². The number of nitrogens with zero attached hydrogens (tertiary/aromatic N) is 5. The summed E-state index contributed by atoms with van der Waals surface area (Å²) in [5.41, 5.74) is 5.62. The highest BCUT2D eigenvalue weighted by atomic mass is 79.9. The molecule has 0 radical (unpaired) electrons. The molecule has 1 fully saturated rings. The normalized spacial score (nSPS) is 15.3. The van der Waals surface area contributed by atoms with Crippen LogP contribution in [0.1, 0.15) is 33.6 Å². The first-order chi connectivity index (χ1) is 17.0. The maximum atomic E-state index is 14.3. The van der Waals surface area contributed by atoms with Crippen LogP contribution in [0.4, 0.5) is 19.4 Å². The van der Waals surface area contributed by atoms with Crippen LogP contribution in [0.2, 0.25) is 0 Å². The van der Waals surface area contributed by atoms with Crippen LogP contribution in [0.15, 0.2) is 34.9 Å². The number of nitrogens with two attached hydrogens (primary N) is 1. The van der Waals surface area contributed by atoms with Gasteiger partial charge in [0, 0.05) is 25.2 Å². The Morgan fingerprint density at radius 1 is 1.28 bits per heavy atom. The molecule has 4 rings (SSSR count). The van der Waals surface area contributed by atoms with Gasteiger partial charge in [-0.15, -0.1) is 0 Å². The van der Waals surface area contributed by atoms with Gasteiger partial charge in [-0.1, -0.05) is 6.07 Å². The third-order valence-electron chi connectivity index (χ3n) is 5.68. The van der Waals surface area contributed by atoms with Gasteiger partial charge in [0.25, 0.3) is 0 Å². The average Bonchev–Trinajstić information content (AvgIpc) is 3.18. The van der Waals surface area contributed by atoms with Crippen LogP contribution < -0.4 is 15.4 Å². The fourth-order valence-electron chi connectivity index (χ4n) is 3.85. The summed E-state index contributed by atoms with van der Waals surface area (Å²) in [5, 5.41) is 4.34. The Morgan fingerprint density at radius 3 is 2.69 bits per heavy atom. The molecule has 1 saturated heterocycles. The highest BCUT2D eigenvalue weighted by molar-refractivity contribution is 9.10. The van der Waals surface area contributed by atoms with E-state index in [4.69, 9.17) is 15.2 Å². The van der Waals surface area contributed by atoms with E-state index in [1.165, 1.54) is 33.8 Å². The summed E-state index contributed by atoms with van der Waals surface area (Å²) < 4.78 is 41.3. The second-order valence-corrected chi connectivity index (χ2v) is 10.5. The van der Waals surface area contributed by atoms with Crippen molar-refractivity contribution in [2.75, 3.05) is 31.1 Å². The maximum absolute atomic E-state index is 14.3. The van der Waals surface area contributed by atoms with Crippen LogP contribution in [0.3, 0.4) is 0 Å². The van der Waals surface area contributed by atoms with Crippen LogP contribution in [-0.2, 0) is 4.74 Å². The zero-order valence-electron chi connectivity index (χ0n) is 20.4. The summed E-state index contributed by atoms with van der Waals surface area (Å²) in [6, 6.07) is 5.26. The van der Waals surface area contributed by atoms with E-state index < -0.39 is 23.3 Å². The number of amides is 1. The summed E-state index contributed by atoms with van der Waals surface area (Å²) >= 11 is 3.40. The Bertz CT molecular complexity index is 1240. The number of carbonyl (C=O) groups is 1. The topological polar surface area (TPSA) is 98.2 Å². The largest absolute Gasteiger partial charge is 0.443 e. The van der Waals surface area contributed by atoms with Crippen LogP contribution >= 0.6 is 15.9 Å². The predicted octanol–water partition coefficient (Wildman–Crippen LogP) is 4.73. The number of piperidine rings is 1.